The molecule has 2 amide bonds. The highest BCUT2D eigenvalue weighted by molar-refractivity contribution is 6.06. The van der Waals surface area contributed by atoms with Crippen LogP contribution in [0.25, 0.3) is 0 Å². The number of esters is 1. The molecule has 1 saturated heterocycles. The lowest BCUT2D eigenvalue weighted by Crippen LogP contribution is -2.35. The van der Waals surface area contributed by atoms with Gasteiger partial charge in [0, 0.05) is 12.1 Å². The molecule has 1 heterocycles. The van der Waals surface area contributed by atoms with E-state index in [1.807, 2.05) is 26.0 Å². The topological polar surface area (TPSA) is 80.8 Å². The second-order valence-corrected chi connectivity index (χ2v) is 8.37. The maximum atomic E-state index is 12.6. The number of amides is 2. The number of carbonyl (C=O) groups is 4. The van der Waals surface area contributed by atoms with Crippen molar-refractivity contribution in [3.63, 3.8) is 0 Å². The summed E-state index contributed by atoms with van der Waals surface area (Å²) in [5, 5.41) is 0. The molecule has 0 aromatic heterocycles. The van der Waals surface area contributed by atoms with Crippen LogP contribution in [-0.4, -0.2) is 41.6 Å². The summed E-state index contributed by atoms with van der Waals surface area (Å²) in [7, 11) is 0. The number of hydrogen-bond donors (Lipinski definition) is 0. The van der Waals surface area contributed by atoms with Crippen LogP contribution in [0.2, 0.25) is 0 Å². The minimum absolute atomic E-state index is 0.0423. The Balaban J connectivity index is 1.29. The summed E-state index contributed by atoms with van der Waals surface area (Å²) in [5.41, 5.74) is 2.34. The molecule has 1 aliphatic heterocycles. The molecule has 2 aliphatic carbocycles. The Labute approximate surface area is 164 Å². The zero-order chi connectivity index (χ0) is 20.0. The monoisotopic (exact) mass is 383 g/mol. The number of ketones is 1. The Morgan fingerprint density at radius 1 is 1.07 bits per heavy atom. The molecule has 1 aromatic rings. The van der Waals surface area contributed by atoms with Gasteiger partial charge in [0.25, 0.3) is 0 Å². The highest BCUT2D eigenvalue weighted by Crippen LogP contribution is 2.56. The van der Waals surface area contributed by atoms with Gasteiger partial charge < -0.3 is 4.74 Å². The van der Waals surface area contributed by atoms with Gasteiger partial charge in [0.05, 0.1) is 18.3 Å². The largest absolute Gasteiger partial charge is 0.457 e. The summed E-state index contributed by atoms with van der Waals surface area (Å²) in [6.07, 6.45) is 2.97. The third-order valence-corrected chi connectivity index (χ3v) is 6.62. The number of ether oxygens (including phenoxy) is 1. The summed E-state index contributed by atoms with van der Waals surface area (Å²) in [5.74, 6) is -0.755. The van der Waals surface area contributed by atoms with Gasteiger partial charge in [-0.2, -0.15) is 0 Å². The van der Waals surface area contributed by atoms with Crippen molar-refractivity contribution in [2.75, 3.05) is 13.2 Å². The minimum Gasteiger partial charge on any atom is -0.457 e. The number of nitrogens with zero attached hydrogens (tertiary/aromatic N) is 1. The van der Waals surface area contributed by atoms with E-state index < -0.39 is 5.97 Å². The SMILES string of the molecule is Cc1ccc(C)c(C(=O)COC(=O)CCN2C(=O)[C@H]3[C@H]4CC[C@@H](C4)[C@@H]3C2=O)c1. The van der Waals surface area contributed by atoms with Gasteiger partial charge in [-0.05, 0) is 56.6 Å². The average Bonchev–Trinajstić information content (AvgIpc) is 3.34. The van der Waals surface area contributed by atoms with Crippen molar-refractivity contribution in [3.8, 4) is 0 Å². The summed E-state index contributed by atoms with van der Waals surface area (Å²) in [4.78, 5) is 50.8. The summed E-state index contributed by atoms with van der Waals surface area (Å²) in [6.45, 7) is 3.44. The molecule has 4 atom stereocenters. The van der Waals surface area contributed by atoms with Crippen LogP contribution in [0, 0.1) is 37.5 Å². The molecular weight excluding hydrogens is 358 g/mol. The normalized spacial score (nSPS) is 28.0. The van der Waals surface area contributed by atoms with Gasteiger partial charge in [-0.25, -0.2) is 0 Å². The van der Waals surface area contributed by atoms with Gasteiger partial charge in [0.15, 0.2) is 6.61 Å². The Hall–Kier alpha value is -2.50. The molecule has 2 bridgehead atoms. The summed E-state index contributed by atoms with van der Waals surface area (Å²) in [6, 6.07) is 5.56. The van der Waals surface area contributed by atoms with E-state index in [0.717, 1.165) is 30.4 Å². The van der Waals surface area contributed by atoms with Crippen LogP contribution in [-0.2, 0) is 19.1 Å². The summed E-state index contributed by atoms with van der Waals surface area (Å²) >= 11 is 0. The highest BCUT2D eigenvalue weighted by Gasteiger charge is 2.60. The fourth-order valence-electron chi connectivity index (χ4n) is 5.23. The second-order valence-electron chi connectivity index (χ2n) is 8.37. The average molecular weight is 383 g/mol. The van der Waals surface area contributed by atoms with Crippen LogP contribution >= 0.6 is 0 Å². The van der Waals surface area contributed by atoms with Gasteiger partial charge >= 0.3 is 5.97 Å². The molecule has 3 fully saturated rings. The van der Waals surface area contributed by atoms with Crippen molar-refractivity contribution in [1.29, 1.82) is 0 Å². The zero-order valence-corrected chi connectivity index (χ0v) is 16.3. The van der Waals surface area contributed by atoms with E-state index in [9.17, 15) is 19.2 Å². The fraction of sp³-hybridized carbons (Fsp3) is 0.545. The van der Waals surface area contributed by atoms with Crippen molar-refractivity contribution >= 4 is 23.6 Å². The molecule has 6 heteroatoms. The lowest BCUT2D eigenvalue weighted by Gasteiger charge is -2.19. The van der Waals surface area contributed by atoms with Gasteiger partial charge in [-0.15, -0.1) is 0 Å². The van der Waals surface area contributed by atoms with Crippen LogP contribution in [0.3, 0.4) is 0 Å². The van der Waals surface area contributed by atoms with E-state index in [1.165, 1.54) is 4.90 Å². The van der Waals surface area contributed by atoms with E-state index >= 15 is 0 Å². The van der Waals surface area contributed by atoms with Crippen molar-refractivity contribution in [1.82, 2.24) is 4.90 Å². The maximum Gasteiger partial charge on any atom is 0.308 e. The number of likely N-dealkylation sites (tertiary alicyclic amines) is 1. The van der Waals surface area contributed by atoms with Gasteiger partial charge in [0.1, 0.15) is 0 Å². The predicted octanol–water partition coefficient (Wildman–Crippen LogP) is 2.45. The number of imide groups is 1. The molecule has 0 unspecified atom stereocenters. The van der Waals surface area contributed by atoms with E-state index in [4.69, 9.17) is 4.74 Å². The molecule has 3 aliphatic rings. The Morgan fingerprint density at radius 3 is 2.36 bits per heavy atom. The predicted molar refractivity (Wildman–Crippen MR) is 100 cm³/mol. The fourth-order valence-corrected chi connectivity index (χ4v) is 5.23. The lowest BCUT2D eigenvalue weighted by atomic mass is 9.81. The first-order chi connectivity index (χ1) is 13.4. The molecule has 4 rings (SSSR count). The minimum atomic E-state index is -0.570. The number of benzene rings is 1. The quantitative estimate of drug-likeness (QED) is 0.428. The molecule has 0 spiro atoms. The first-order valence-electron chi connectivity index (χ1n) is 9.98. The molecule has 148 valence electrons. The van der Waals surface area contributed by atoms with E-state index in [-0.39, 0.29) is 49.0 Å². The number of hydrogen-bond acceptors (Lipinski definition) is 5. The van der Waals surface area contributed by atoms with Crippen LogP contribution < -0.4 is 0 Å². The lowest BCUT2D eigenvalue weighted by molar-refractivity contribution is -0.145. The maximum absolute atomic E-state index is 12.6. The number of carbonyl (C=O) groups excluding carboxylic acids is 4. The Morgan fingerprint density at radius 2 is 1.71 bits per heavy atom. The van der Waals surface area contributed by atoms with Crippen LogP contribution in [0.4, 0.5) is 0 Å². The van der Waals surface area contributed by atoms with Crippen LogP contribution in [0.5, 0.6) is 0 Å². The number of rotatable bonds is 6. The molecular formula is C22H25NO5. The first-order valence-corrected chi connectivity index (χ1v) is 9.98. The highest BCUT2D eigenvalue weighted by atomic mass is 16.5. The molecule has 6 nitrogen and oxygen atoms in total. The van der Waals surface area contributed by atoms with Gasteiger partial charge in [-0.3, -0.25) is 24.1 Å². The number of fused-ring (bicyclic) bond motifs is 5. The molecule has 0 radical (unpaired) electrons. The van der Waals surface area contributed by atoms with E-state index in [2.05, 4.69) is 0 Å². The smallest absolute Gasteiger partial charge is 0.308 e. The molecule has 2 saturated carbocycles. The van der Waals surface area contributed by atoms with Crippen molar-refractivity contribution in [2.24, 2.45) is 23.7 Å². The van der Waals surface area contributed by atoms with Crippen LogP contribution in [0.1, 0.15) is 47.2 Å². The number of aryl methyl sites for hydroxylation is 2. The molecule has 0 N–H and O–H groups in total. The number of Topliss-reactive ketones (excluding diaryl/α,β-unsaturated/α-hetero) is 1. The third-order valence-electron chi connectivity index (χ3n) is 6.62. The van der Waals surface area contributed by atoms with E-state index in [0.29, 0.717) is 17.4 Å². The molecule has 28 heavy (non-hydrogen) atoms. The Bertz CT molecular complexity index is 832. The van der Waals surface area contributed by atoms with Crippen molar-refractivity contribution in [2.45, 2.75) is 39.5 Å². The van der Waals surface area contributed by atoms with Gasteiger partial charge in [0.2, 0.25) is 17.6 Å². The second kappa shape index (κ2) is 7.15. The first kappa shape index (κ1) is 18.8. The summed E-state index contributed by atoms with van der Waals surface area (Å²) < 4.78 is 5.09. The zero-order valence-electron chi connectivity index (χ0n) is 16.3. The van der Waals surface area contributed by atoms with Crippen LogP contribution in [0.15, 0.2) is 18.2 Å². The standard InChI is InChI=1S/C22H25NO5/c1-12-3-4-13(2)16(9-12)17(24)11-28-18(25)7-8-23-21(26)19-14-5-6-15(10-14)20(19)22(23)27/h3-4,9,14-15,19-20H,5-8,10-11H2,1-2H3/t14-,15-,19-,20-/m0/s1. The van der Waals surface area contributed by atoms with Crippen molar-refractivity contribution < 1.29 is 23.9 Å². The van der Waals surface area contributed by atoms with Gasteiger partial charge in [-0.1, -0.05) is 17.7 Å². The van der Waals surface area contributed by atoms with E-state index in [1.54, 1.807) is 6.07 Å². The van der Waals surface area contributed by atoms with Crippen molar-refractivity contribution in [3.05, 3.63) is 34.9 Å². The Kier molecular flexibility index (Phi) is 4.81. The third kappa shape index (κ3) is 3.15. The molecule has 1 aromatic carbocycles.